The summed E-state index contributed by atoms with van der Waals surface area (Å²) in [4.78, 5) is 151. The molecule has 0 bridgehead atoms. The van der Waals surface area contributed by atoms with E-state index < -0.39 is 23.6 Å². The molecule has 0 saturated carbocycles. The number of pyridine rings is 2. The Morgan fingerprint density at radius 1 is 0.330 bits per heavy atom. The van der Waals surface area contributed by atoms with E-state index in [1.54, 1.807) is 152 Å². The zero-order chi connectivity index (χ0) is 68.4. The minimum atomic E-state index is -0.486. The third kappa shape index (κ3) is 26.7. The monoisotopic (exact) mass is 1340 g/mol. The maximum absolute atomic E-state index is 12.4. The average Bonchev–Trinajstić information content (AvgIpc) is 1.03. The van der Waals surface area contributed by atoms with E-state index in [1.807, 2.05) is 44.2 Å². The molecule has 0 atom stereocenters. The van der Waals surface area contributed by atoms with Crippen LogP contribution in [0.3, 0.4) is 0 Å². The van der Waals surface area contributed by atoms with Gasteiger partial charge in [-0.1, -0.05) is 96.1 Å². The molecule has 0 spiro atoms. The number of hydrogen-bond acceptors (Lipinski definition) is 18. The quantitative estimate of drug-likeness (QED) is 0.0264. The van der Waals surface area contributed by atoms with Gasteiger partial charge in [-0.05, 0) is 146 Å². The van der Waals surface area contributed by atoms with E-state index in [1.165, 1.54) is 12.4 Å². The lowest BCUT2D eigenvalue weighted by molar-refractivity contribution is -0.118. The molecule has 8 amide bonds. The third-order valence-electron chi connectivity index (χ3n) is 12.3. The van der Waals surface area contributed by atoms with Crippen LogP contribution in [0.25, 0.3) is 0 Å². The number of rotatable bonds is 24. The van der Waals surface area contributed by atoms with Crippen molar-refractivity contribution in [1.29, 1.82) is 0 Å². The Bertz CT molecular complexity index is 3990. The second-order valence-electron chi connectivity index (χ2n) is 19.7. The Balaban J connectivity index is 0.000000227. The molecule has 22 nitrogen and oxygen atoms in total. The highest BCUT2D eigenvalue weighted by Crippen LogP contribution is 2.30. The van der Waals surface area contributed by atoms with Gasteiger partial charge in [-0.2, -0.15) is 0 Å². The van der Waals surface area contributed by atoms with Gasteiger partial charge >= 0.3 is 0 Å². The Morgan fingerprint density at radius 2 is 0.681 bits per heavy atom. The lowest BCUT2D eigenvalue weighted by Crippen LogP contribution is -2.28. The van der Waals surface area contributed by atoms with E-state index in [0.29, 0.717) is 64.1 Å². The molecule has 0 fully saturated rings. The van der Waals surface area contributed by atoms with Crippen LogP contribution >= 0.6 is 47.0 Å². The Hall–Kier alpha value is -10.5. The number of benzene rings is 6. The molecule has 8 aromatic rings. The number of carbonyl (C=O) groups excluding carboxylic acids is 12. The van der Waals surface area contributed by atoms with Crippen molar-refractivity contribution >= 4 is 115 Å². The minimum absolute atomic E-state index is 0.0651. The SMILES string of the molecule is Cc1ccc(C(=O)Sc2ccccc2C(=O)NCCC(N)=O)cc1.Cc1cccc(C(=O)Sc2ccccc2C(=O)NCCC(N)=O)c1.NC(=O)CCNC(=O)c1cccc(SC(=O)c2cccnc2)c1.NC(=O)CCNC(=O)c1ccccc1SC(=O)c1cccnc1. The van der Waals surface area contributed by atoms with Gasteiger partial charge in [0.1, 0.15) is 0 Å². The summed E-state index contributed by atoms with van der Waals surface area (Å²) in [5.41, 5.74) is 25.9. The van der Waals surface area contributed by atoms with Crippen LogP contribution in [0.2, 0.25) is 0 Å². The molecule has 484 valence electrons. The van der Waals surface area contributed by atoms with Gasteiger partial charge in [-0.25, -0.2) is 0 Å². The first kappa shape index (κ1) is 74.2. The Labute approximate surface area is 558 Å². The fraction of sp³-hybridized carbons (Fsp3) is 0.147. The van der Waals surface area contributed by atoms with Gasteiger partial charge < -0.3 is 44.2 Å². The largest absolute Gasteiger partial charge is 0.370 e. The van der Waals surface area contributed by atoms with Crippen molar-refractivity contribution in [1.82, 2.24) is 31.2 Å². The molecule has 26 heteroatoms. The fourth-order valence-corrected chi connectivity index (χ4v) is 11.0. The number of amides is 8. The molecule has 0 aliphatic rings. The second kappa shape index (κ2) is 39.7. The van der Waals surface area contributed by atoms with Crippen LogP contribution in [-0.2, 0) is 19.2 Å². The first-order valence-electron chi connectivity index (χ1n) is 28.5. The Morgan fingerprint density at radius 3 is 1.07 bits per heavy atom. The number of nitrogens with zero attached hydrogens (tertiary/aromatic N) is 2. The molecule has 8 rings (SSSR count). The van der Waals surface area contributed by atoms with Crippen molar-refractivity contribution in [2.75, 3.05) is 26.2 Å². The van der Waals surface area contributed by atoms with Gasteiger partial charge in [0, 0.05) is 124 Å². The molecule has 0 saturated heterocycles. The Kier molecular flexibility index (Phi) is 31.3. The number of nitrogens with one attached hydrogen (secondary N) is 4. The number of thioether (sulfide) groups is 4. The molecule has 6 aromatic carbocycles. The molecule has 0 radical (unpaired) electrons. The molecule has 0 aliphatic heterocycles. The number of hydrogen-bond donors (Lipinski definition) is 8. The maximum Gasteiger partial charge on any atom is 0.252 e. The molecule has 0 unspecified atom stereocenters. The summed E-state index contributed by atoms with van der Waals surface area (Å²) < 4.78 is 0. The van der Waals surface area contributed by atoms with Crippen LogP contribution < -0.4 is 44.2 Å². The smallest absolute Gasteiger partial charge is 0.252 e. The molecule has 94 heavy (non-hydrogen) atoms. The molecule has 2 aromatic heterocycles. The van der Waals surface area contributed by atoms with Gasteiger partial charge in [0.25, 0.3) is 23.6 Å². The second-order valence-corrected chi connectivity index (χ2v) is 23.8. The summed E-state index contributed by atoms with van der Waals surface area (Å²) >= 11 is 4.00. The first-order valence-corrected chi connectivity index (χ1v) is 31.8. The number of aryl methyl sites for hydroxylation is 2. The van der Waals surface area contributed by atoms with Crippen molar-refractivity contribution in [3.63, 3.8) is 0 Å². The average molecular weight is 1340 g/mol. The normalized spacial score (nSPS) is 10.1. The van der Waals surface area contributed by atoms with E-state index in [4.69, 9.17) is 22.9 Å². The van der Waals surface area contributed by atoms with Gasteiger partial charge in [0.15, 0.2) is 0 Å². The van der Waals surface area contributed by atoms with Crippen LogP contribution in [0.4, 0.5) is 0 Å². The van der Waals surface area contributed by atoms with E-state index >= 15 is 0 Å². The summed E-state index contributed by atoms with van der Waals surface area (Å²) in [6.45, 7) is 4.54. The summed E-state index contributed by atoms with van der Waals surface area (Å²) in [5, 5.41) is 9.85. The van der Waals surface area contributed by atoms with Gasteiger partial charge in [0.2, 0.25) is 44.1 Å². The zero-order valence-electron chi connectivity index (χ0n) is 50.9. The predicted octanol–water partition coefficient (Wildman–Crippen LogP) is 8.30. The first-order chi connectivity index (χ1) is 45.1. The number of nitrogens with two attached hydrogens (primary N) is 4. The van der Waals surface area contributed by atoms with Crippen molar-refractivity contribution in [3.8, 4) is 0 Å². The van der Waals surface area contributed by atoms with Crippen molar-refractivity contribution in [2.24, 2.45) is 22.9 Å². The molecular weight excluding hydrogens is 1280 g/mol. The van der Waals surface area contributed by atoms with E-state index in [-0.39, 0.29) is 96.0 Å². The van der Waals surface area contributed by atoms with Crippen LogP contribution in [0, 0.1) is 13.8 Å². The summed E-state index contributed by atoms with van der Waals surface area (Å²) in [7, 11) is 0. The summed E-state index contributed by atoms with van der Waals surface area (Å²) in [6.07, 6.45) is 6.45. The van der Waals surface area contributed by atoms with E-state index in [0.717, 1.165) is 58.2 Å². The van der Waals surface area contributed by atoms with Gasteiger partial charge in [0.05, 0.1) is 16.7 Å². The highest BCUT2D eigenvalue weighted by Gasteiger charge is 2.20. The molecular formula is C68H66N10O12S4. The minimum Gasteiger partial charge on any atom is -0.370 e. The van der Waals surface area contributed by atoms with Gasteiger partial charge in [-0.15, -0.1) is 0 Å². The van der Waals surface area contributed by atoms with Crippen LogP contribution in [-0.4, -0.2) is 104 Å². The standard InChI is InChI=1S/2C18H18N2O3S.2C16H15N3O3S/c1-12-5-4-6-13(11-12)18(23)24-15-8-3-2-7-14(15)17(22)20-10-9-16(19)21;1-12-6-8-13(9-7-12)18(23)24-15-5-3-2-4-14(15)17(22)20-11-10-16(19)21;17-14(20)6-8-19-15(21)11-3-1-5-13(9-11)23-16(22)12-4-2-7-18-10-12;17-14(20)7-9-19-15(21)12-5-1-2-6-13(12)23-16(22)11-4-3-8-18-10-11/h2-8,11H,9-10H2,1H3,(H2,19,21)(H,20,22);2-9H,10-11H2,1H3,(H2,19,21)(H,20,22);1-5,7,9-10H,6,8H2,(H2,17,20)(H,19,21);1-6,8,10H,7,9H2,(H2,17,20)(H,19,21). The lowest BCUT2D eigenvalue weighted by atomic mass is 10.2. The summed E-state index contributed by atoms with van der Waals surface area (Å²) in [6, 6.07) is 48.5. The van der Waals surface area contributed by atoms with Crippen molar-refractivity contribution in [2.45, 2.75) is 59.1 Å². The topological polar surface area (TPSA) is 383 Å². The number of primary amides is 4. The van der Waals surface area contributed by atoms with E-state index in [9.17, 15) is 57.5 Å². The van der Waals surface area contributed by atoms with Crippen molar-refractivity contribution in [3.05, 3.63) is 250 Å². The van der Waals surface area contributed by atoms with Gasteiger partial charge in [-0.3, -0.25) is 67.5 Å². The van der Waals surface area contributed by atoms with Crippen LogP contribution in [0.5, 0.6) is 0 Å². The molecule has 12 N–H and O–H groups in total. The number of carbonyl (C=O) groups is 12. The fourth-order valence-electron chi connectivity index (χ4n) is 7.59. The summed E-state index contributed by atoms with van der Waals surface area (Å²) in [5.74, 6) is -3.26. The predicted molar refractivity (Wildman–Crippen MR) is 362 cm³/mol. The molecule has 0 aliphatic carbocycles. The van der Waals surface area contributed by atoms with E-state index in [2.05, 4.69) is 31.2 Å². The van der Waals surface area contributed by atoms with Crippen LogP contribution in [0.1, 0.15) is 120 Å². The molecule has 2 heterocycles. The van der Waals surface area contributed by atoms with Crippen LogP contribution in [0.15, 0.2) is 214 Å². The maximum atomic E-state index is 12.4. The highest BCUT2D eigenvalue weighted by atomic mass is 32.2. The highest BCUT2D eigenvalue weighted by molar-refractivity contribution is 8.15. The third-order valence-corrected chi connectivity index (χ3v) is 16.2. The lowest BCUT2D eigenvalue weighted by Gasteiger charge is -2.09. The zero-order valence-corrected chi connectivity index (χ0v) is 54.1. The number of aromatic nitrogens is 2. The van der Waals surface area contributed by atoms with Crippen molar-refractivity contribution < 1.29 is 57.5 Å².